The molecule has 1 N–H and O–H groups in total. The fraction of sp³-hybridized carbons (Fsp3) is 0.389. The topological polar surface area (TPSA) is 78.7 Å². The molecule has 3 rings (SSSR count). The van der Waals surface area contributed by atoms with Crippen molar-refractivity contribution in [1.82, 2.24) is 15.0 Å². The lowest BCUT2D eigenvalue weighted by molar-refractivity contribution is -0.142. The van der Waals surface area contributed by atoms with E-state index in [2.05, 4.69) is 15.4 Å². The first-order valence-corrected chi connectivity index (χ1v) is 8.25. The molecule has 1 saturated heterocycles. The molecule has 1 aromatic carbocycles. The van der Waals surface area contributed by atoms with Gasteiger partial charge in [-0.15, -0.1) is 0 Å². The third-order valence-corrected chi connectivity index (χ3v) is 4.51. The molecule has 7 nitrogen and oxygen atoms in total. The molecule has 132 valence electrons. The Labute approximate surface area is 146 Å². The van der Waals surface area contributed by atoms with Crippen LogP contribution in [0.2, 0.25) is 0 Å². The zero-order valence-corrected chi connectivity index (χ0v) is 14.7. The number of carbonyl (C=O) groups excluding carboxylic acids is 2. The van der Waals surface area contributed by atoms with Gasteiger partial charge in [-0.3, -0.25) is 9.59 Å². The summed E-state index contributed by atoms with van der Waals surface area (Å²) >= 11 is 0. The smallest absolute Gasteiger partial charge is 0.314 e. The molecule has 7 heteroatoms. The second-order valence-electron chi connectivity index (χ2n) is 6.45. The molecule has 1 unspecified atom stereocenters. The lowest BCUT2D eigenvalue weighted by Gasteiger charge is -2.20. The van der Waals surface area contributed by atoms with Crippen molar-refractivity contribution in [2.75, 3.05) is 32.5 Å². The molecule has 1 atom stereocenters. The summed E-state index contributed by atoms with van der Waals surface area (Å²) in [6.45, 7) is 2.88. The largest absolute Gasteiger partial charge is 0.354 e. The average Bonchev–Trinajstić information content (AvgIpc) is 3.23. The predicted octanol–water partition coefficient (Wildman–Crippen LogP) is 1.75. The van der Waals surface area contributed by atoms with Gasteiger partial charge in [0, 0.05) is 24.7 Å². The molecule has 1 aromatic heterocycles. The van der Waals surface area contributed by atoms with E-state index < -0.39 is 11.8 Å². The van der Waals surface area contributed by atoms with E-state index in [9.17, 15) is 9.59 Å². The first-order chi connectivity index (χ1) is 12.0. The normalized spacial score (nSPS) is 17.1. The number of likely N-dealkylation sites (tertiary alicyclic amines) is 1. The molecule has 0 radical (unpaired) electrons. The van der Waals surface area contributed by atoms with E-state index in [4.69, 9.17) is 4.52 Å². The third-order valence-electron chi connectivity index (χ3n) is 4.51. The van der Waals surface area contributed by atoms with E-state index in [1.807, 2.05) is 44.4 Å². The fourth-order valence-corrected chi connectivity index (χ4v) is 2.96. The van der Waals surface area contributed by atoms with Gasteiger partial charge in [0.2, 0.25) is 0 Å². The summed E-state index contributed by atoms with van der Waals surface area (Å²) in [6, 6.07) is 9.64. The molecule has 0 spiro atoms. The Hall–Kier alpha value is -2.67. The minimum atomic E-state index is -0.664. The quantitative estimate of drug-likeness (QED) is 0.860. The monoisotopic (exact) mass is 342 g/mol. The minimum Gasteiger partial charge on any atom is -0.354 e. The van der Waals surface area contributed by atoms with Crippen LogP contribution in [0.25, 0.3) is 11.3 Å². The molecule has 0 saturated carbocycles. The molecule has 1 aliphatic rings. The number of nitrogens with one attached hydrogen (secondary N) is 1. The molecule has 2 amide bonds. The van der Waals surface area contributed by atoms with Gasteiger partial charge in [0.05, 0.1) is 0 Å². The SMILES string of the molecule is Cc1noc(-c2ccccc2)c1NC(=O)C(=O)N1CCC(N(C)C)C1. The van der Waals surface area contributed by atoms with Crippen molar-refractivity contribution in [1.29, 1.82) is 0 Å². The van der Waals surface area contributed by atoms with Crippen molar-refractivity contribution in [3.63, 3.8) is 0 Å². The van der Waals surface area contributed by atoms with Gasteiger partial charge in [-0.2, -0.15) is 0 Å². The number of amides is 2. The zero-order chi connectivity index (χ0) is 18.0. The number of carbonyl (C=O) groups is 2. The van der Waals surface area contributed by atoms with E-state index in [1.165, 1.54) is 0 Å². The summed E-state index contributed by atoms with van der Waals surface area (Å²) in [6.07, 6.45) is 0.869. The number of nitrogens with zero attached hydrogens (tertiary/aromatic N) is 3. The summed E-state index contributed by atoms with van der Waals surface area (Å²) in [7, 11) is 3.96. The molecule has 25 heavy (non-hydrogen) atoms. The Morgan fingerprint density at radius 2 is 2.00 bits per heavy atom. The lowest BCUT2D eigenvalue weighted by Crippen LogP contribution is -2.40. The number of aryl methyl sites for hydroxylation is 1. The molecule has 0 aliphatic carbocycles. The maximum Gasteiger partial charge on any atom is 0.314 e. The number of likely N-dealkylation sites (N-methyl/N-ethyl adjacent to an activating group) is 1. The molecule has 2 aromatic rings. The number of anilines is 1. The van der Waals surface area contributed by atoms with Crippen molar-refractivity contribution >= 4 is 17.5 Å². The Bertz CT molecular complexity index is 770. The van der Waals surface area contributed by atoms with Crippen LogP contribution in [0.1, 0.15) is 12.1 Å². The summed E-state index contributed by atoms with van der Waals surface area (Å²) < 4.78 is 5.34. The van der Waals surface area contributed by atoms with Gasteiger partial charge in [0.15, 0.2) is 5.76 Å². The highest BCUT2D eigenvalue weighted by molar-refractivity contribution is 6.39. The van der Waals surface area contributed by atoms with Crippen molar-refractivity contribution < 1.29 is 14.1 Å². The summed E-state index contributed by atoms with van der Waals surface area (Å²) in [5, 5.41) is 6.59. The van der Waals surface area contributed by atoms with E-state index in [-0.39, 0.29) is 6.04 Å². The number of rotatable bonds is 3. The number of hydrogen-bond donors (Lipinski definition) is 1. The van der Waals surface area contributed by atoms with Crippen LogP contribution in [0.3, 0.4) is 0 Å². The van der Waals surface area contributed by atoms with Crippen molar-refractivity contribution in [3.8, 4) is 11.3 Å². The Balaban J connectivity index is 1.74. The fourth-order valence-electron chi connectivity index (χ4n) is 2.96. The van der Waals surface area contributed by atoms with Gasteiger partial charge in [0.1, 0.15) is 11.4 Å². The number of aromatic nitrogens is 1. The van der Waals surface area contributed by atoms with E-state index in [0.29, 0.717) is 30.2 Å². The van der Waals surface area contributed by atoms with Gasteiger partial charge in [-0.05, 0) is 27.4 Å². The Morgan fingerprint density at radius 3 is 2.64 bits per heavy atom. The second-order valence-corrected chi connectivity index (χ2v) is 6.45. The Kier molecular flexibility index (Phi) is 4.85. The van der Waals surface area contributed by atoms with Crippen molar-refractivity contribution in [3.05, 3.63) is 36.0 Å². The van der Waals surface area contributed by atoms with Gasteiger partial charge in [-0.25, -0.2) is 0 Å². The van der Waals surface area contributed by atoms with Gasteiger partial charge >= 0.3 is 11.8 Å². The van der Waals surface area contributed by atoms with E-state index >= 15 is 0 Å². The number of benzene rings is 1. The van der Waals surface area contributed by atoms with Gasteiger partial charge in [0.25, 0.3) is 0 Å². The summed E-state index contributed by atoms with van der Waals surface area (Å²) in [4.78, 5) is 28.5. The molecular weight excluding hydrogens is 320 g/mol. The minimum absolute atomic E-state index is 0.286. The maximum absolute atomic E-state index is 12.4. The van der Waals surface area contributed by atoms with Crippen LogP contribution in [0.5, 0.6) is 0 Å². The van der Waals surface area contributed by atoms with Crippen molar-refractivity contribution in [2.45, 2.75) is 19.4 Å². The lowest BCUT2D eigenvalue weighted by atomic mass is 10.1. The number of hydrogen-bond acceptors (Lipinski definition) is 5. The van der Waals surface area contributed by atoms with Crippen LogP contribution in [-0.2, 0) is 9.59 Å². The van der Waals surface area contributed by atoms with E-state index in [0.717, 1.165) is 12.0 Å². The highest BCUT2D eigenvalue weighted by Crippen LogP contribution is 2.30. The molecule has 2 heterocycles. The highest BCUT2D eigenvalue weighted by atomic mass is 16.5. The zero-order valence-electron chi connectivity index (χ0n) is 14.7. The summed E-state index contributed by atoms with van der Waals surface area (Å²) in [5.41, 5.74) is 1.76. The van der Waals surface area contributed by atoms with E-state index in [1.54, 1.807) is 11.8 Å². The van der Waals surface area contributed by atoms with Crippen LogP contribution in [0.15, 0.2) is 34.9 Å². The molecule has 1 aliphatic heterocycles. The van der Waals surface area contributed by atoms with Gasteiger partial charge in [-0.1, -0.05) is 35.5 Å². The molecule has 0 bridgehead atoms. The maximum atomic E-state index is 12.4. The van der Waals surface area contributed by atoms with Crippen molar-refractivity contribution in [2.24, 2.45) is 0 Å². The first-order valence-electron chi connectivity index (χ1n) is 8.25. The standard InChI is InChI=1S/C18H22N4O3/c1-12-15(16(25-20-12)13-7-5-4-6-8-13)19-17(23)18(24)22-10-9-14(11-22)21(2)3/h4-8,14H,9-11H2,1-3H3,(H,19,23). The molecular formula is C18H22N4O3. The highest BCUT2D eigenvalue weighted by Gasteiger charge is 2.32. The first kappa shape index (κ1) is 17.2. The predicted molar refractivity (Wildman–Crippen MR) is 94.0 cm³/mol. The van der Waals surface area contributed by atoms with Crippen LogP contribution >= 0.6 is 0 Å². The summed E-state index contributed by atoms with van der Waals surface area (Å²) in [5.74, 6) is -0.737. The molecule has 1 fully saturated rings. The van der Waals surface area contributed by atoms with Crippen LogP contribution < -0.4 is 5.32 Å². The third kappa shape index (κ3) is 3.56. The van der Waals surface area contributed by atoms with Gasteiger partial charge < -0.3 is 19.6 Å². The average molecular weight is 342 g/mol. The van der Waals surface area contributed by atoms with Crippen LogP contribution in [0, 0.1) is 6.92 Å². The Morgan fingerprint density at radius 1 is 1.28 bits per heavy atom. The van der Waals surface area contributed by atoms with Crippen LogP contribution in [-0.4, -0.2) is 60.0 Å². The second kappa shape index (κ2) is 7.06. The van der Waals surface area contributed by atoms with Crippen LogP contribution in [0.4, 0.5) is 5.69 Å².